The van der Waals surface area contributed by atoms with E-state index in [1.54, 1.807) is 20.4 Å². The molecule has 0 amide bonds. The molecule has 0 aliphatic heterocycles. The summed E-state index contributed by atoms with van der Waals surface area (Å²) in [4.78, 5) is 4.37. The molecule has 1 aromatic heterocycles. The highest BCUT2D eigenvalue weighted by atomic mass is 79.9. The molecule has 0 aliphatic carbocycles. The smallest absolute Gasteiger partial charge is 0.162 e. The third-order valence-electron chi connectivity index (χ3n) is 3.63. The van der Waals surface area contributed by atoms with Crippen LogP contribution in [0.25, 0.3) is 22.0 Å². The topological polar surface area (TPSA) is 55.1 Å². The third-order valence-corrected chi connectivity index (χ3v) is 4.16. The van der Waals surface area contributed by atoms with Crippen LogP contribution in [0.3, 0.4) is 0 Å². The van der Waals surface area contributed by atoms with Crippen LogP contribution in [0, 0.1) is 11.3 Å². The maximum Gasteiger partial charge on any atom is 0.162 e. The quantitative estimate of drug-likeness (QED) is 0.680. The van der Waals surface area contributed by atoms with Crippen LogP contribution in [0.4, 0.5) is 0 Å². The zero-order valence-electron chi connectivity index (χ0n) is 12.6. The highest BCUT2D eigenvalue weighted by Gasteiger charge is 2.15. The summed E-state index contributed by atoms with van der Waals surface area (Å²) in [6.45, 7) is 0. The van der Waals surface area contributed by atoms with E-state index in [2.05, 4.69) is 27.0 Å². The molecule has 0 unspecified atom stereocenters. The van der Waals surface area contributed by atoms with Gasteiger partial charge in [0, 0.05) is 27.7 Å². The van der Waals surface area contributed by atoms with Crippen molar-refractivity contribution in [3.8, 4) is 28.7 Å². The molecule has 3 aromatic rings. The Bertz CT molecular complexity index is 915. The van der Waals surface area contributed by atoms with Gasteiger partial charge in [-0.2, -0.15) is 5.26 Å². The third kappa shape index (κ3) is 2.73. The van der Waals surface area contributed by atoms with Crippen molar-refractivity contribution in [3.05, 3.63) is 52.6 Å². The molecule has 1 heterocycles. The van der Waals surface area contributed by atoms with E-state index in [0.717, 1.165) is 26.5 Å². The molecule has 0 N–H and O–H groups in total. The zero-order valence-corrected chi connectivity index (χ0v) is 14.2. The number of nitrogens with zero attached hydrogens (tertiary/aromatic N) is 2. The van der Waals surface area contributed by atoms with Crippen molar-refractivity contribution in [2.75, 3.05) is 14.2 Å². The lowest BCUT2D eigenvalue weighted by Gasteiger charge is -2.13. The number of benzene rings is 2. The molecule has 5 heteroatoms. The summed E-state index contributed by atoms with van der Waals surface area (Å²) in [6.07, 6.45) is 1.59. The number of aromatic nitrogens is 1. The number of ether oxygens (including phenoxy) is 2. The van der Waals surface area contributed by atoms with Gasteiger partial charge in [-0.3, -0.25) is 4.98 Å². The van der Waals surface area contributed by atoms with Gasteiger partial charge in [-0.1, -0.05) is 28.1 Å². The first-order valence-corrected chi connectivity index (χ1v) is 7.68. The van der Waals surface area contributed by atoms with Gasteiger partial charge in [0.25, 0.3) is 0 Å². The molecular formula is C18H13BrN2O2. The molecule has 0 aliphatic rings. The van der Waals surface area contributed by atoms with Gasteiger partial charge >= 0.3 is 0 Å². The number of halogens is 1. The summed E-state index contributed by atoms with van der Waals surface area (Å²) < 4.78 is 11.7. The van der Waals surface area contributed by atoms with Crippen LogP contribution < -0.4 is 9.47 Å². The number of rotatable bonds is 3. The number of nitriles is 1. The minimum absolute atomic E-state index is 0.520. The summed E-state index contributed by atoms with van der Waals surface area (Å²) in [7, 11) is 3.17. The van der Waals surface area contributed by atoms with Gasteiger partial charge in [-0.05, 0) is 23.8 Å². The number of pyridine rings is 1. The van der Waals surface area contributed by atoms with E-state index in [-0.39, 0.29) is 0 Å². The maximum atomic E-state index is 9.47. The highest BCUT2D eigenvalue weighted by molar-refractivity contribution is 9.10. The van der Waals surface area contributed by atoms with E-state index >= 15 is 0 Å². The Labute approximate surface area is 142 Å². The van der Waals surface area contributed by atoms with Crippen molar-refractivity contribution in [1.82, 2.24) is 4.98 Å². The Balaban J connectivity index is 2.37. The Morgan fingerprint density at radius 1 is 1.04 bits per heavy atom. The van der Waals surface area contributed by atoms with E-state index < -0.39 is 0 Å². The fourth-order valence-electron chi connectivity index (χ4n) is 2.53. The molecule has 0 bridgehead atoms. The molecule has 23 heavy (non-hydrogen) atoms. The second kappa shape index (κ2) is 6.27. The molecule has 0 saturated heterocycles. The molecule has 0 spiro atoms. The van der Waals surface area contributed by atoms with Gasteiger partial charge in [-0.15, -0.1) is 0 Å². The van der Waals surface area contributed by atoms with Crippen molar-refractivity contribution in [3.63, 3.8) is 0 Å². The Morgan fingerprint density at radius 3 is 2.30 bits per heavy atom. The van der Waals surface area contributed by atoms with Gasteiger partial charge in [0.05, 0.1) is 25.3 Å². The standard InChI is InChI=1S/C18H13BrN2O2/c1-22-16-7-14-15(8-17(16)23-2)21-10-12(9-20)18(14)11-3-5-13(19)6-4-11/h3-8,10H,1-2H3. The average molecular weight is 369 g/mol. The summed E-state index contributed by atoms with van der Waals surface area (Å²) in [5, 5.41) is 10.3. The Kier molecular flexibility index (Phi) is 4.18. The van der Waals surface area contributed by atoms with E-state index in [1.807, 2.05) is 36.4 Å². The van der Waals surface area contributed by atoms with Crippen molar-refractivity contribution in [2.24, 2.45) is 0 Å². The predicted octanol–water partition coefficient (Wildman–Crippen LogP) is 4.55. The summed E-state index contributed by atoms with van der Waals surface area (Å²) >= 11 is 3.43. The van der Waals surface area contributed by atoms with Gasteiger partial charge < -0.3 is 9.47 Å². The first-order valence-electron chi connectivity index (χ1n) is 6.88. The normalized spacial score (nSPS) is 10.3. The SMILES string of the molecule is COc1cc2ncc(C#N)c(-c3ccc(Br)cc3)c2cc1OC. The number of hydrogen-bond acceptors (Lipinski definition) is 4. The summed E-state index contributed by atoms with van der Waals surface area (Å²) in [5.41, 5.74) is 3.06. The first-order chi connectivity index (χ1) is 11.2. The van der Waals surface area contributed by atoms with Gasteiger partial charge in [0.1, 0.15) is 6.07 Å². The van der Waals surface area contributed by atoms with E-state index in [9.17, 15) is 5.26 Å². The monoisotopic (exact) mass is 368 g/mol. The van der Waals surface area contributed by atoms with Crippen LogP contribution in [0.1, 0.15) is 5.56 Å². The second-order valence-electron chi connectivity index (χ2n) is 4.89. The molecule has 0 atom stereocenters. The minimum Gasteiger partial charge on any atom is -0.493 e. The van der Waals surface area contributed by atoms with Crippen molar-refractivity contribution in [2.45, 2.75) is 0 Å². The van der Waals surface area contributed by atoms with Gasteiger partial charge in [-0.25, -0.2) is 0 Å². The van der Waals surface area contributed by atoms with E-state index in [0.29, 0.717) is 17.1 Å². The lowest BCUT2D eigenvalue weighted by molar-refractivity contribution is 0.356. The fourth-order valence-corrected chi connectivity index (χ4v) is 2.80. The maximum absolute atomic E-state index is 9.47. The van der Waals surface area contributed by atoms with Crippen LogP contribution in [0.2, 0.25) is 0 Å². The van der Waals surface area contributed by atoms with Crippen LogP contribution in [0.15, 0.2) is 47.1 Å². The van der Waals surface area contributed by atoms with Crippen LogP contribution >= 0.6 is 15.9 Å². The number of hydrogen-bond donors (Lipinski definition) is 0. The van der Waals surface area contributed by atoms with Crippen LogP contribution in [-0.2, 0) is 0 Å². The largest absolute Gasteiger partial charge is 0.493 e. The molecular weight excluding hydrogens is 356 g/mol. The van der Waals surface area contributed by atoms with Gasteiger partial charge in [0.15, 0.2) is 11.5 Å². The lowest BCUT2D eigenvalue weighted by atomic mass is 9.96. The fraction of sp³-hybridized carbons (Fsp3) is 0.111. The molecule has 0 saturated carbocycles. The second-order valence-corrected chi connectivity index (χ2v) is 5.81. The van der Waals surface area contributed by atoms with Crippen molar-refractivity contribution < 1.29 is 9.47 Å². The molecule has 3 rings (SSSR count). The Hall–Kier alpha value is -2.58. The predicted molar refractivity (Wildman–Crippen MR) is 92.7 cm³/mol. The van der Waals surface area contributed by atoms with Crippen molar-refractivity contribution in [1.29, 1.82) is 5.26 Å². The minimum atomic E-state index is 0.520. The summed E-state index contributed by atoms with van der Waals surface area (Å²) in [5.74, 6) is 1.22. The van der Waals surface area contributed by atoms with E-state index in [1.165, 1.54) is 0 Å². The first kappa shape index (κ1) is 15.3. The van der Waals surface area contributed by atoms with E-state index in [4.69, 9.17) is 9.47 Å². The molecule has 114 valence electrons. The molecule has 2 aromatic carbocycles. The van der Waals surface area contributed by atoms with Crippen LogP contribution in [0.5, 0.6) is 11.5 Å². The van der Waals surface area contributed by atoms with Crippen LogP contribution in [-0.4, -0.2) is 19.2 Å². The van der Waals surface area contributed by atoms with Gasteiger partial charge in [0.2, 0.25) is 0 Å². The number of methoxy groups -OCH3 is 2. The van der Waals surface area contributed by atoms with Crippen molar-refractivity contribution >= 4 is 26.8 Å². The lowest BCUT2D eigenvalue weighted by Crippen LogP contribution is -1.95. The highest BCUT2D eigenvalue weighted by Crippen LogP contribution is 2.37. The Morgan fingerprint density at radius 2 is 1.70 bits per heavy atom. The zero-order chi connectivity index (χ0) is 16.4. The number of fused-ring (bicyclic) bond motifs is 1. The average Bonchev–Trinajstić information content (AvgIpc) is 2.60. The molecule has 4 nitrogen and oxygen atoms in total. The molecule has 0 radical (unpaired) electrons. The molecule has 0 fully saturated rings. The summed E-state index contributed by atoms with van der Waals surface area (Å²) in [6, 6.07) is 13.7.